The third kappa shape index (κ3) is 8.34. The summed E-state index contributed by atoms with van der Waals surface area (Å²) >= 11 is 1.91. The lowest BCUT2D eigenvalue weighted by Crippen LogP contribution is -2.39. The van der Waals surface area contributed by atoms with Crippen LogP contribution in [0, 0.1) is 17.2 Å². The van der Waals surface area contributed by atoms with Crippen LogP contribution < -0.4 is 15.8 Å². The van der Waals surface area contributed by atoms with E-state index in [1.807, 2.05) is 30.1 Å². The maximum atomic E-state index is 12.7. The highest BCUT2D eigenvalue weighted by molar-refractivity contribution is 8.03. The predicted molar refractivity (Wildman–Crippen MR) is 143 cm³/mol. The number of allylic oxidation sites excluding steroid dienone is 1. The first-order valence-electron chi connectivity index (χ1n) is 12.9. The van der Waals surface area contributed by atoms with E-state index >= 15 is 0 Å². The van der Waals surface area contributed by atoms with Crippen LogP contribution in [0.1, 0.15) is 59.1 Å². The summed E-state index contributed by atoms with van der Waals surface area (Å²) in [6.07, 6.45) is 4.72. The first-order valence-corrected chi connectivity index (χ1v) is 13.8. The number of nitriles is 1. The molecule has 2 aromatic rings. The molecule has 0 aromatic carbocycles. The zero-order chi connectivity index (χ0) is 27.8. The van der Waals surface area contributed by atoms with Gasteiger partial charge in [-0.05, 0) is 74.2 Å². The Labute approximate surface area is 229 Å². The van der Waals surface area contributed by atoms with Crippen LogP contribution in [0.2, 0.25) is 0 Å². The standard InChI is InChI=1S/C27H31F3N6O2S/c28-27(29,30)17-38-26-20(14-31)21(32)13-23(35-26)25(37)34-15-18-8-11-36(12-9-18)16-19-5-1-2-7-24(39-19)22-6-3-4-10-33-22/h3-6,10,13,18,24H,1-2,7-9,11-12,15-17H2,(H2,32,35)(H,34,37). The molecule has 1 unspecified atom stereocenters. The number of pyridine rings is 2. The zero-order valence-electron chi connectivity index (χ0n) is 21.4. The number of aromatic nitrogens is 2. The minimum absolute atomic E-state index is 0.167. The molecule has 0 aliphatic carbocycles. The number of anilines is 1. The summed E-state index contributed by atoms with van der Waals surface area (Å²) in [5, 5.41) is 12.4. The highest BCUT2D eigenvalue weighted by atomic mass is 32.2. The molecule has 0 saturated carbocycles. The van der Waals surface area contributed by atoms with E-state index in [0.29, 0.717) is 11.8 Å². The molecule has 39 heavy (non-hydrogen) atoms. The van der Waals surface area contributed by atoms with E-state index in [-0.39, 0.29) is 22.9 Å². The van der Waals surface area contributed by atoms with Crippen LogP contribution in [0.5, 0.6) is 5.88 Å². The average Bonchev–Trinajstić information content (AvgIpc) is 3.16. The monoisotopic (exact) mass is 560 g/mol. The molecular weight excluding hydrogens is 529 g/mol. The average molecular weight is 561 g/mol. The number of piperidine rings is 1. The Morgan fingerprint density at radius 3 is 2.77 bits per heavy atom. The summed E-state index contributed by atoms with van der Waals surface area (Å²) in [6, 6.07) is 8.92. The number of hydrogen-bond donors (Lipinski definition) is 2. The van der Waals surface area contributed by atoms with Crippen molar-refractivity contribution in [1.29, 1.82) is 5.26 Å². The number of hydrogen-bond acceptors (Lipinski definition) is 8. The van der Waals surface area contributed by atoms with Gasteiger partial charge in [-0.2, -0.15) is 18.4 Å². The molecule has 3 N–H and O–H groups in total. The second-order valence-electron chi connectivity index (χ2n) is 9.68. The second-order valence-corrected chi connectivity index (χ2v) is 11.0. The number of nitrogen functional groups attached to an aromatic ring is 1. The second kappa shape index (κ2) is 13.2. The van der Waals surface area contributed by atoms with Crippen molar-refractivity contribution in [3.63, 3.8) is 0 Å². The minimum Gasteiger partial charge on any atom is -0.467 e. The third-order valence-corrected chi connectivity index (χ3v) is 8.09. The fourth-order valence-corrected chi connectivity index (χ4v) is 6.03. The van der Waals surface area contributed by atoms with Crippen molar-refractivity contribution in [3.8, 4) is 11.9 Å². The van der Waals surface area contributed by atoms with Crippen LogP contribution in [-0.4, -0.2) is 59.7 Å². The Hall–Kier alpha value is -3.30. The molecule has 4 heterocycles. The van der Waals surface area contributed by atoms with Gasteiger partial charge in [-0.25, -0.2) is 4.98 Å². The van der Waals surface area contributed by atoms with E-state index in [4.69, 9.17) is 5.73 Å². The first kappa shape index (κ1) is 28.7. The van der Waals surface area contributed by atoms with Crippen molar-refractivity contribution in [2.24, 2.45) is 5.92 Å². The number of likely N-dealkylation sites (tertiary alicyclic amines) is 1. The normalized spacial score (nSPS) is 19.0. The van der Waals surface area contributed by atoms with Crippen LogP contribution in [0.4, 0.5) is 18.9 Å². The maximum Gasteiger partial charge on any atom is 0.422 e. The number of ether oxygens (including phenoxy) is 1. The van der Waals surface area contributed by atoms with Gasteiger partial charge in [0.2, 0.25) is 5.88 Å². The minimum atomic E-state index is -4.62. The van der Waals surface area contributed by atoms with Gasteiger partial charge in [0.05, 0.1) is 16.6 Å². The molecule has 1 atom stereocenters. The molecule has 0 radical (unpaired) electrons. The van der Waals surface area contributed by atoms with Crippen LogP contribution >= 0.6 is 11.8 Å². The Bertz CT molecular complexity index is 1210. The van der Waals surface area contributed by atoms with Gasteiger partial charge < -0.3 is 15.8 Å². The summed E-state index contributed by atoms with van der Waals surface area (Å²) < 4.78 is 42.4. The number of carbonyl (C=O) groups excluding carboxylic acids is 1. The Balaban J connectivity index is 1.26. The molecule has 208 valence electrons. The fourth-order valence-electron chi connectivity index (χ4n) is 4.65. The van der Waals surface area contributed by atoms with Crippen LogP contribution in [0.25, 0.3) is 0 Å². The van der Waals surface area contributed by atoms with Crippen LogP contribution in [0.3, 0.4) is 0 Å². The molecule has 1 fully saturated rings. The summed E-state index contributed by atoms with van der Waals surface area (Å²) in [5.74, 6) is -0.922. The molecule has 4 rings (SSSR count). The molecule has 2 aromatic heterocycles. The lowest BCUT2D eigenvalue weighted by Gasteiger charge is -2.32. The summed E-state index contributed by atoms with van der Waals surface area (Å²) in [4.78, 5) is 24.9. The van der Waals surface area contributed by atoms with Gasteiger partial charge in [-0.15, -0.1) is 11.8 Å². The zero-order valence-corrected chi connectivity index (χ0v) is 22.2. The molecule has 2 aliphatic heterocycles. The van der Waals surface area contributed by atoms with Crippen molar-refractivity contribution < 1.29 is 22.7 Å². The first-order chi connectivity index (χ1) is 18.7. The lowest BCUT2D eigenvalue weighted by molar-refractivity contribution is -0.154. The Morgan fingerprint density at radius 1 is 1.28 bits per heavy atom. The molecule has 8 nitrogen and oxygen atoms in total. The number of thioether (sulfide) groups is 1. The highest BCUT2D eigenvalue weighted by Crippen LogP contribution is 2.40. The van der Waals surface area contributed by atoms with Gasteiger partial charge in [0.15, 0.2) is 6.61 Å². The number of rotatable bonds is 8. The van der Waals surface area contributed by atoms with Crippen molar-refractivity contribution >= 4 is 23.4 Å². The number of amides is 1. The molecular formula is C27H31F3N6O2S. The van der Waals surface area contributed by atoms with E-state index < -0.39 is 24.6 Å². The topological polar surface area (TPSA) is 117 Å². The quantitative estimate of drug-likeness (QED) is 0.470. The number of nitrogens with two attached hydrogens (primary N) is 1. The van der Waals surface area contributed by atoms with Gasteiger partial charge >= 0.3 is 6.18 Å². The van der Waals surface area contributed by atoms with Crippen molar-refractivity contribution in [2.75, 3.05) is 38.5 Å². The van der Waals surface area contributed by atoms with Crippen molar-refractivity contribution in [3.05, 3.63) is 58.4 Å². The van der Waals surface area contributed by atoms with E-state index in [2.05, 4.69) is 37.1 Å². The fraction of sp³-hybridized carbons (Fsp3) is 0.481. The van der Waals surface area contributed by atoms with E-state index in [1.54, 1.807) is 6.07 Å². The smallest absolute Gasteiger partial charge is 0.422 e. The predicted octanol–water partition coefficient (Wildman–Crippen LogP) is 4.86. The molecule has 12 heteroatoms. The van der Waals surface area contributed by atoms with Gasteiger partial charge in [-0.3, -0.25) is 14.7 Å². The molecule has 0 bridgehead atoms. The molecule has 1 amide bonds. The number of nitrogens with one attached hydrogen (secondary N) is 1. The SMILES string of the molecule is N#Cc1c(N)cc(C(=O)NCC2CCN(CC3=CCCCC(c4ccccn4)S3)CC2)nc1OCC(F)(F)F. The Kier molecular flexibility index (Phi) is 9.69. The lowest BCUT2D eigenvalue weighted by atomic mass is 9.96. The van der Waals surface area contributed by atoms with E-state index in [0.717, 1.165) is 57.4 Å². The number of nitrogens with zero attached hydrogens (tertiary/aromatic N) is 4. The number of halogens is 3. The van der Waals surface area contributed by atoms with Gasteiger partial charge in [-0.1, -0.05) is 12.1 Å². The van der Waals surface area contributed by atoms with Crippen molar-refractivity contribution in [1.82, 2.24) is 20.2 Å². The van der Waals surface area contributed by atoms with Gasteiger partial charge in [0, 0.05) is 19.3 Å². The van der Waals surface area contributed by atoms with Crippen molar-refractivity contribution in [2.45, 2.75) is 43.5 Å². The molecule has 0 spiro atoms. The van der Waals surface area contributed by atoms with Crippen LogP contribution in [-0.2, 0) is 0 Å². The van der Waals surface area contributed by atoms with E-state index in [9.17, 15) is 23.2 Å². The molecule has 2 aliphatic rings. The molecule has 1 saturated heterocycles. The number of alkyl halides is 3. The Morgan fingerprint density at radius 2 is 2.08 bits per heavy atom. The maximum absolute atomic E-state index is 12.7. The summed E-state index contributed by atoms with van der Waals surface area (Å²) in [5.41, 5.74) is 6.20. The third-order valence-electron chi connectivity index (χ3n) is 6.73. The summed E-state index contributed by atoms with van der Waals surface area (Å²) in [6.45, 7) is 1.49. The summed E-state index contributed by atoms with van der Waals surface area (Å²) in [7, 11) is 0. The van der Waals surface area contributed by atoms with Crippen LogP contribution in [0.15, 0.2) is 41.4 Å². The highest BCUT2D eigenvalue weighted by Gasteiger charge is 2.30. The number of carbonyl (C=O) groups is 1. The van der Waals surface area contributed by atoms with E-state index in [1.165, 1.54) is 11.0 Å². The largest absolute Gasteiger partial charge is 0.467 e. The van der Waals surface area contributed by atoms with Gasteiger partial charge in [0.1, 0.15) is 17.3 Å². The van der Waals surface area contributed by atoms with Gasteiger partial charge in [0.25, 0.3) is 5.91 Å².